The highest BCUT2D eigenvalue weighted by Crippen LogP contribution is 2.26. The van der Waals surface area contributed by atoms with Gasteiger partial charge in [0.2, 0.25) is 10.0 Å². The highest BCUT2D eigenvalue weighted by Gasteiger charge is 2.32. The molecule has 0 bridgehead atoms. The summed E-state index contributed by atoms with van der Waals surface area (Å²) in [6.45, 7) is 0. The Kier molecular flexibility index (Phi) is 3.83. The Labute approximate surface area is 116 Å². The number of aryl methyl sites for hydroxylation is 1. The summed E-state index contributed by atoms with van der Waals surface area (Å²) >= 11 is 0. The third-order valence-corrected chi connectivity index (χ3v) is 4.95. The van der Waals surface area contributed by atoms with Crippen LogP contribution in [0.4, 0.5) is 0 Å². The van der Waals surface area contributed by atoms with Gasteiger partial charge in [-0.05, 0) is 18.9 Å². The first-order chi connectivity index (χ1) is 9.35. The highest BCUT2D eigenvalue weighted by molar-refractivity contribution is 7.89. The monoisotopic (exact) mass is 297 g/mol. The van der Waals surface area contributed by atoms with E-state index in [0.29, 0.717) is 12.8 Å². The van der Waals surface area contributed by atoms with Crippen molar-refractivity contribution < 1.29 is 18.3 Å². The van der Waals surface area contributed by atoms with E-state index in [0.717, 1.165) is 12.5 Å². The lowest BCUT2D eigenvalue weighted by Gasteiger charge is -2.14. The summed E-state index contributed by atoms with van der Waals surface area (Å²) in [6.07, 6.45) is 3.36. The van der Waals surface area contributed by atoms with E-state index in [1.807, 2.05) is 0 Å². The molecule has 20 heavy (non-hydrogen) atoms. The first kappa shape index (κ1) is 14.6. The van der Waals surface area contributed by atoms with E-state index in [9.17, 15) is 13.2 Å². The van der Waals surface area contributed by atoms with Crippen LogP contribution in [-0.2, 0) is 17.1 Å². The van der Waals surface area contributed by atoms with Crippen molar-refractivity contribution in [3.63, 3.8) is 0 Å². The fourth-order valence-electron chi connectivity index (χ4n) is 2.42. The molecule has 0 aromatic carbocycles. The number of hydrogen-bond acceptors (Lipinski definition) is 4. The number of rotatable bonds is 4. The molecule has 2 N–H and O–H groups in total. The van der Waals surface area contributed by atoms with Gasteiger partial charge in [0, 0.05) is 19.3 Å². The van der Waals surface area contributed by atoms with Gasteiger partial charge in [0.25, 0.3) is 0 Å². The van der Waals surface area contributed by atoms with Crippen molar-refractivity contribution in [1.82, 2.24) is 9.29 Å². The van der Waals surface area contributed by atoms with Gasteiger partial charge in [-0.1, -0.05) is 6.42 Å². The molecular weight excluding hydrogens is 282 g/mol. The van der Waals surface area contributed by atoms with Gasteiger partial charge in [0.1, 0.15) is 10.6 Å². The second kappa shape index (κ2) is 5.26. The van der Waals surface area contributed by atoms with Crippen LogP contribution >= 0.6 is 0 Å². The minimum atomic E-state index is -3.81. The lowest BCUT2D eigenvalue weighted by atomic mass is 10.1. The van der Waals surface area contributed by atoms with Crippen LogP contribution in [-0.4, -0.2) is 30.1 Å². The third kappa shape index (κ3) is 2.69. The fraction of sp³-hybridized carbons (Fsp3) is 0.500. The Hall–Kier alpha value is -1.85. The molecule has 2 rings (SSSR count). The van der Waals surface area contributed by atoms with Crippen molar-refractivity contribution in [2.75, 3.05) is 0 Å². The molecule has 1 fully saturated rings. The number of carbonyl (C=O) groups is 1. The summed E-state index contributed by atoms with van der Waals surface area (Å²) in [7, 11) is -2.34. The standard InChI is InChI=1S/C12H15N3O4S/c1-15-7-9(5-11(15)12(16)17)20(18,19)14-10-4-2-3-8(10)6-13/h5,7-8,10,14H,2-4H2,1H3,(H,16,17). The number of nitrogens with one attached hydrogen (secondary N) is 1. The zero-order valence-electron chi connectivity index (χ0n) is 10.9. The van der Waals surface area contributed by atoms with E-state index in [4.69, 9.17) is 10.4 Å². The quantitative estimate of drug-likeness (QED) is 0.849. The largest absolute Gasteiger partial charge is 0.477 e. The molecule has 0 radical (unpaired) electrons. The van der Waals surface area contributed by atoms with Crippen LogP contribution < -0.4 is 4.72 Å². The maximum absolute atomic E-state index is 12.2. The molecule has 2 atom stereocenters. The van der Waals surface area contributed by atoms with Crippen LogP contribution in [0.25, 0.3) is 0 Å². The van der Waals surface area contributed by atoms with Crippen LogP contribution in [0.5, 0.6) is 0 Å². The number of nitrogens with zero attached hydrogens (tertiary/aromatic N) is 2. The Morgan fingerprint density at radius 2 is 2.25 bits per heavy atom. The maximum Gasteiger partial charge on any atom is 0.352 e. The van der Waals surface area contributed by atoms with Crippen LogP contribution in [0.3, 0.4) is 0 Å². The molecule has 2 unspecified atom stereocenters. The lowest BCUT2D eigenvalue weighted by Crippen LogP contribution is -2.36. The lowest BCUT2D eigenvalue weighted by molar-refractivity contribution is 0.0686. The molecule has 0 amide bonds. The van der Waals surface area contributed by atoms with Gasteiger partial charge >= 0.3 is 5.97 Å². The van der Waals surface area contributed by atoms with Gasteiger partial charge in [-0.3, -0.25) is 0 Å². The molecule has 1 aliphatic carbocycles. The zero-order chi connectivity index (χ0) is 14.9. The molecule has 8 heteroatoms. The Morgan fingerprint density at radius 1 is 1.55 bits per heavy atom. The summed E-state index contributed by atoms with van der Waals surface area (Å²) in [5, 5.41) is 17.9. The molecule has 1 aliphatic rings. The molecule has 1 saturated carbocycles. The van der Waals surface area contributed by atoms with Gasteiger partial charge in [-0.25, -0.2) is 17.9 Å². The van der Waals surface area contributed by atoms with Crippen LogP contribution in [0.2, 0.25) is 0 Å². The second-order valence-corrected chi connectivity index (χ2v) is 6.59. The van der Waals surface area contributed by atoms with Gasteiger partial charge < -0.3 is 9.67 Å². The Morgan fingerprint density at radius 3 is 2.80 bits per heavy atom. The van der Waals surface area contributed by atoms with Crippen molar-refractivity contribution >= 4 is 16.0 Å². The topological polar surface area (TPSA) is 112 Å². The summed E-state index contributed by atoms with van der Waals surface area (Å²) in [4.78, 5) is 10.8. The number of nitriles is 1. The highest BCUT2D eigenvalue weighted by atomic mass is 32.2. The average Bonchev–Trinajstić information content (AvgIpc) is 2.95. The van der Waals surface area contributed by atoms with Gasteiger partial charge in [0.05, 0.1) is 12.0 Å². The molecule has 1 heterocycles. The van der Waals surface area contributed by atoms with Gasteiger partial charge in [-0.15, -0.1) is 0 Å². The fourth-order valence-corrected chi connectivity index (χ4v) is 3.80. The molecule has 1 aromatic heterocycles. The molecule has 1 aromatic rings. The van der Waals surface area contributed by atoms with Crippen LogP contribution in [0.1, 0.15) is 29.8 Å². The van der Waals surface area contributed by atoms with Crippen molar-refractivity contribution in [2.45, 2.75) is 30.2 Å². The van der Waals surface area contributed by atoms with E-state index in [2.05, 4.69) is 10.8 Å². The van der Waals surface area contributed by atoms with Gasteiger partial charge in [0.15, 0.2) is 0 Å². The normalized spacial score (nSPS) is 22.6. The third-order valence-electron chi connectivity index (χ3n) is 3.50. The summed E-state index contributed by atoms with van der Waals surface area (Å²) in [5.74, 6) is -1.52. The van der Waals surface area contributed by atoms with Crippen LogP contribution in [0, 0.1) is 17.2 Å². The molecule has 0 saturated heterocycles. The predicted octanol–water partition coefficient (Wildman–Crippen LogP) is 0.694. The smallest absolute Gasteiger partial charge is 0.352 e. The molecule has 7 nitrogen and oxygen atoms in total. The van der Waals surface area contributed by atoms with Crippen molar-refractivity contribution in [1.29, 1.82) is 5.26 Å². The number of carboxylic acid groups (broad SMARTS) is 1. The maximum atomic E-state index is 12.2. The molecule has 108 valence electrons. The van der Waals surface area contributed by atoms with Gasteiger partial charge in [-0.2, -0.15) is 5.26 Å². The van der Waals surface area contributed by atoms with E-state index in [-0.39, 0.29) is 16.5 Å². The van der Waals surface area contributed by atoms with E-state index in [1.165, 1.54) is 17.8 Å². The van der Waals surface area contributed by atoms with Crippen LogP contribution in [0.15, 0.2) is 17.2 Å². The van der Waals surface area contributed by atoms with E-state index < -0.39 is 22.0 Å². The van der Waals surface area contributed by atoms with E-state index in [1.54, 1.807) is 0 Å². The second-order valence-electron chi connectivity index (χ2n) is 4.87. The zero-order valence-corrected chi connectivity index (χ0v) is 11.7. The minimum absolute atomic E-state index is 0.0963. The minimum Gasteiger partial charge on any atom is -0.477 e. The number of carboxylic acids is 1. The SMILES string of the molecule is Cn1cc(S(=O)(=O)NC2CCCC2C#N)cc1C(=O)O. The first-order valence-corrected chi connectivity index (χ1v) is 7.65. The van der Waals surface area contributed by atoms with E-state index >= 15 is 0 Å². The van der Waals surface area contributed by atoms with Crippen molar-refractivity contribution in [2.24, 2.45) is 13.0 Å². The number of aromatic nitrogens is 1. The first-order valence-electron chi connectivity index (χ1n) is 6.17. The summed E-state index contributed by atoms with van der Waals surface area (Å²) in [5.41, 5.74) is -0.103. The molecule has 0 aliphatic heterocycles. The average molecular weight is 297 g/mol. The molecule has 0 spiro atoms. The summed E-state index contributed by atoms with van der Waals surface area (Å²) in [6, 6.07) is 2.80. The number of aromatic carboxylic acids is 1. The Bertz CT molecular complexity index is 671. The summed E-state index contributed by atoms with van der Waals surface area (Å²) < 4.78 is 28.2. The van der Waals surface area contributed by atoms with Crippen molar-refractivity contribution in [3.8, 4) is 6.07 Å². The molecular formula is C12H15N3O4S. The number of sulfonamides is 1. The predicted molar refractivity (Wildman–Crippen MR) is 69.4 cm³/mol. The van der Waals surface area contributed by atoms with Crippen molar-refractivity contribution in [3.05, 3.63) is 18.0 Å². The Balaban J connectivity index is 2.25. The number of hydrogen-bond donors (Lipinski definition) is 2.